The van der Waals surface area contributed by atoms with E-state index in [1.165, 1.54) is 4.90 Å². The average molecular weight is 342 g/mol. The second kappa shape index (κ2) is 6.81. The van der Waals surface area contributed by atoms with E-state index < -0.39 is 0 Å². The summed E-state index contributed by atoms with van der Waals surface area (Å²) in [5.74, 6) is 0.649. The van der Waals surface area contributed by atoms with E-state index in [1.807, 2.05) is 12.1 Å². The van der Waals surface area contributed by atoms with E-state index >= 15 is 0 Å². The van der Waals surface area contributed by atoms with Crippen LogP contribution in [0.5, 0.6) is 5.75 Å². The molecule has 0 aliphatic carbocycles. The van der Waals surface area contributed by atoms with Crippen LogP contribution in [-0.4, -0.2) is 23.0 Å². The SMILES string of the molecule is CN(Cc1ccccc1O)C(=O)c1ccc(-c2ccco2)c(Cl)c1. The highest BCUT2D eigenvalue weighted by Crippen LogP contribution is 2.29. The molecule has 0 aliphatic rings. The summed E-state index contributed by atoms with van der Waals surface area (Å²) in [6.07, 6.45) is 1.57. The van der Waals surface area contributed by atoms with Crippen LogP contribution in [0.4, 0.5) is 0 Å². The number of hydrogen-bond acceptors (Lipinski definition) is 3. The van der Waals surface area contributed by atoms with Crippen molar-refractivity contribution in [3.05, 3.63) is 77.0 Å². The monoisotopic (exact) mass is 341 g/mol. The van der Waals surface area contributed by atoms with E-state index in [4.69, 9.17) is 16.0 Å². The molecule has 5 heteroatoms. The molecule has 0 radical (unpaired) electrons. The quantitative estimate of drug-likeness (QED) is 0.755. The number of benzene rings is 2. The maximum atomic E-state index is 12.6. The van der Waals surface area contributed by atoms with Crippen LogP contribution in [-0.2, 0) is 6.54 Å². The number of aromatic hydroxyl groups is 1. The molecule has 0 atom stereocenters. The van der Waals surface area contributed by atoms with E-state index in [-0.39, 0.29) is 11.7 Å². The van der Waals surface area contributed by atoms with Gasteiger partial charge in [-0.1, -0.05) is 29.8 Å². The number of carbonyl (C=O) groups excluding carboxylic acids is 1. The fourth-order valence-corrected chi connectivity index (χ4v) is 2.75. The Morgan fingerprint density at radius 2 is 1.96 bits per heavy atom. The van der Waals surface area contributed by atoms with E-state index in [1.54, 1.807) is 55.8 Å². The van der Waals surface area contributed by atoms with Crippen LogP contribution < -0.4 is 0 Å². The standard InChI is InChI=1S/C19H16ClNO3/c1-21(12-14-5-2-3-6-17(14)22)19(23)13-8-9-15(16(20)11-13)18-7-4-10-24-18/h2-11,22H,12H2,1H3. The lowest BCUT2D eigenvalue weighted by atomic mass is 10.1. The van der Waals surface area contributed by atoms with Gasteiger partial charge in [-0.3, -0.25) is 4.79 Å². The minimum atomic E-state index is -0.175. The molecule has 1 heterocycles. The van der Waals surface area contributed by atoms with Gasteiger partial charge < -0.3 is 14.4 Å². The minimum absolute atomic E-state index is 0.170. The highest BCUT2D eigenvalue weighted by Gasteiger charge is 2.16. The summed E-state index contributed by atoms with van der Waals surface area (Å²) >= 11 is 6.28. The molecule has 1 amide bonds. The summed E-state index contributed by atoms with van der Waals surface area (Å²) in [6, 6.07) is 15.7. The smallest absolute Gasteiger partial charge is 0.253 e. The van der Waals surface area contributed by atoms with Gasteiger partial charge in [0.05, 0.1) is 11.3 Å². The summed E-state index contributed by atoms with van der Waals surface area (Å²) in [5.41, 5.74) is 1.90. The van der Waals surface area contributed by atoms with Gasteiger partial charge in [-0.25, -0.2) is 0 Å². The number of halogens is 1. The number of para-hydroxylation sites is 1. The van der Waals surface area contributed by atoms with Crippen LogP contribution in [0, 0.1) is 0 Å². The number of amides is 1. The Morgan fingerprint density at radius 1 is 1.17 bits per heavy atom. The zero-order chi connectivity index (χ0) is 17.1. The number of hydrogen-bond donors (Lipinski definition) is 1. The molecule has 3 rings (SSSR count). The molecular formula is C19H16ClNO3. The third-order valence-corrected chi connectivity index (χ3v) is 4.06. The molecule has 0 aliphatic heterocycles. The fourth-order valence-electron chi connectivity index (χ4n) is 2.47. The van der Waals surface area contributed by atoms with Gasteiger partial charge in [-0.15, -0.1) is 0 Å². The lowest BCUT2D eigenvalue weighted by Gasteiger charge is -2.18. The summed E-state index contributed by atoms with van der Waals surface area (Å²) in [7, 11) is 1.68. The second-order valence-corrected chi connectivity index (χ2v) is 5.87. The van der Waals surface area contributed by atoms with Crippen molar-refractivity contribution in [1.29, 1.82) is 0 Å². The van der Waals surface area contributed by atoms with Gasteiger partial charge >= 0.3 is 0 Å². The summed E-state index contributed by atoms with van der Waals surface area (Å²) in [4.78, 5) is 14.1. The first kappa shape index (κ1) is 16.1. The van der Waals surface area contributed by atoms with Gasteiger partial charge in [0, 0.05) is 30.3 Å². The van der Waals surface area contributed by atoms with E-state index in [0.29, 0.717) is 28.5 Å². The molecule has 2 aromatic carbocycles. The van der Waals surface area contributed by atoms with Crippen molar-refractivity contribution in [3.63, 3.8) is 0 Å². The van der Waals surface area contributed by atoms with Crippen LogP contribution in [0.15, 0.2) is 65.3 Å². The molecule has 0 unspecified atom stereocenters. The third kappa shape index (κ3) is 3.29. The molecule has 0 saturated carbocycles. The topological polar surface area (TPSA) is 53.7 Å². The minimum Gasteiger partial charge on any atom is -0.508 e. The zero-order valence-electron chi connectivity index (χ0n) is 13.1. The van der Waals surface area contributed by atoms with Crippen LogP contribution in [0.1, 0.15) is 15.9 Å². The van der Waals surface area contributed by atoms with Gasteiger partial charge in [0.25, 0.3) is 5.91 Å². The van der Waals surface area contributed by atoms with Crippen LogP contribution >= 0.6 is 11.6 Å². The Balaban J connectivity index is 1.80. The first-order valence-corrected chi connectivity index (χ1v) is 7.80. The number of rotatable bonds is 4. The van der Waals surface area contributed by atoms with E-state index in [9.17, 15) is 9.90 Å². The van der Waals surface area contributed by atoms with Crippen LogP contribution in [0.2, 0.25) is 5.02 Å². The lowest BCUT2D eigenvalue weighted by molar-refractivity contribution is 0.0784. The second-order valence-electron chi connectivity index (χ2n) is 5.46. The molecule has 1 N–H and O–H groups in total. The molecule has 0 spiro atoms. The Morgan fingerprint density at radius 3 is 2.62 bits per heavy atom. The molecule has 0 fully saturated rings. The Labute approximate surface area is 144 Å². The van der Waals surface area contributed by atoms with E-state index in [0.717, 1.165) is 5.56 Å². The van der Waals surface area contributed by atoms with Crippen molar-refractivity contribution >= 4 is 17.5 Å². The third-order valence-electron chi connectivity index (χ3n) is 3.75. The van der Waals surface area contributed by atoms with Crippen LogP contribution in [0.3, 0.4) is 0 Å². The van der Waals surface area contributed by atoms with E-state index in [2.05, 4.69) is 0 Å². The fraction of sp³-hybridized carbons (Fsp3) is 0.105. The number of phenols is 1. The molecule has 3 aromatic rings. The number of nitrogens with zero attached hydrogens (tertiary/aromatic N) is 1. The highest BCUT2D eigenvalue weighted by molar-refractivity contribution is 6.33. The molecule has 1 aromatic heterocycles. The van der Waals surface area contributed by atoms with Gasteiger partial charge in [0.2, 0.25) is 0 Å². The van der Waals surface area contributed by atoms with Gasteiger partial charge in [0.15, 0.2) is 0 Å². The van der Waals surface area contributed by atoms with Gasteiger partial charge in [-0.05, 0) is 36.4 Å². The molecular weight excluding hydrogens is 326 g/mol. The van der Waals surface area contributed by atoms with Crippen molar-refractivity contribution in [2.45, 2.75) is 6.54 Å². The maximum Gasteiger partial charge on any atom is 0.253 e. The Kier molecular flexibility index (Phi) is 4.58. The van der Waals surface area contributed by atoms with Crippen molar-refractivity contribution < 1.29 is 14.3 Å². The summed E-state index contributed by atoms with van der Waals surface area (Å²) < 4.78 is 5.33. The Hall–Kier alpha value is -2.72. The number of carbonyl (C=O) groups is 1. The average Bonchev–Trinajstić information content (AvgIpc) is 3.10. The van der Waals surface area contributed by atoms with Gasteiger partial charge in [-0.2, -0.15) is 0 Å². The lowest BCUT2D eigenvalue weighted by Crippen LogP contribution is -2.26. The summed E-state index contributed by atoms with van der Waals surface area (Å²) in [6.45, 7) is 0.309. The summed E-state index contributed by atoms with van der Waals surface area (Å²) in [5, 5.41) is 10.3. The molecule has 4 nitrogen and oxygen atoms in total. The number of phenolic OH excluding ortho intramolecular Hbond substituents is 1. The van der Waals surface area contributed by atoms with Crippen molar-refractivity contribution in [2.24, 2.45) is 0 Å². The molecule has 0 bridgehead atoms. The molecule has 24 heavy (non-hydrogen) atoms. The van der Waals surface area contributed by atoms with Crippen molar-refractivity contribution in [1.82, 2.24) is 4.90 Å². The normalized spacial score (nSPS) is 10.6. The zero-order valence-corrected chi connectivity index (χ0v) is 13.8. The first-order valence-electron chi connectivity index (χ1n) is 7.42. The van der Waals surface area contributed by atoms with Crippen LogP contribution in [0.25, 0.3) is 11.3 Å². The van der Waals surface area contributed by atoms with Crippen molar-refractivity contribution in [2.75, 3.05) is 7.05 Å². The predicted molar refractivity (Wildman–Crippen MR) is 93.1 cm³/mol. The van der Waals surface area contributed by atoms with Crippen molar-refractivity contribution in [3.8, 4) is 17.1 Å². The van der Waals surface area contributed by atoms with Gasteiger partial charge in [0.1, 0.15) is 11.5 Å². The largest absolute Gasteiger partial charge is 0.508 e. The Bertz CT molecular complexity index is 859. The first-order chi connectivity index (χ1) is 11.6. The number of furan rings is 1. The molecule has 0 saturated heterocycles. The highest BCUT2D eigenvalue weighted by atomic mass is 35.5. The molecule has 122 valence electrons. The maximum absolute atomic E-state index is 12.6. The predicted octanol–water partition coefficient (Wildman–Crippen LogP) is 4.58.